The normalized spacial score (nSPS) is 15.7. The molecule has 78 valence electrons. The first-order chi connectivity index (χ1) is 7.22. The van der Waals surface area contributed by atoms with Gasteiger partial charge in [-0.25, -0.2) is 4.79 Å². The van der Waals surface area contributed by atoms with E-state index in [0.717, 1.165) is 16.7 Å². The van der Waals surface area contributed by atoms with E-state index >= 15 is 0 Å². The molecular formula is C12H12O2S. The van der Waals surface area contributed by atoms with Crippen molar-refractivity contribution in [3.05, 3.63) is 35.4 Å². The van der Waals surface area contributed by atoms with Crippen LogP contribution in [0.5, 0.6) is 0 Å². The van der Waals surface area contributed by atoms with Crippen molar-refractivity contribution in [1.29, 1.82) is 0 Å². The van der Waals surface area contributed by atoms with Crippen molar-refractivity contribution < 1.29 is 9.53 Å². The lowest BCUT2D eigenvalue weighted by molar-refractivity contribution is -0.135. The van der Waals surface area contributed by atoms with E-state index in [2.05, 4.69) is 12.1 Å². The van der Waals surface area contributed by atoms with Crippen molar-refractivity contribution in [2.45, 2.75) is 11.8 Å². The number of carbonyl (C=O) groups is 1. The Hall–Kier alpha value is -1.22. The average Bonchev–Trinajstić information content (AvgIpc) is 2.60. The topological polar surface area (TPSA) is 26.3 Å². The van der Waals surface area contributed by atoms with Crippen LogP contribution in [-0.4, -0.2) is 18.8 Å². The highest BCUT2D eigenvalue weighted by Crippen LogP contribution is 2.26. The number of hydrogen-bond acceptors (Lipinski definition) is 3. The standard InChI is InChI=1S/C12H12O2S/c1-8-11(7-14-12(8)13)9-3-5-10(15-2)6-4-9/h3-6H,7H2,1-2H3. The van der Waals surface area contributed by atoms with E-state index in [4.69, 9.17) is 4.74 Å². The molecule has 3 heteroatoms. The maximum atomic E-state index is 11.2. The number of carbonyl (C=O) groups excluding carboxylic acids is 1. The van der Waals surface area contributed by atoms with Crippen LogP contribution in [0.15, 0.2) is 34.7 Å². The zero-order chi connectivity index (χ0) is 10.8. The molecule has 2 rings (SSSR count). The Balaban J connectivity index is 2.34. The number of hydrogen-bond donors (Lipinski definition) is 0. The molecule has 0 bridgehead atoms. The predicted molar refractivity (Wildman–Crippen MR) is 61.8 cm³/mol. The molecule has 0 aromatic heterocycles. The fourth-order valence-corrected chi connectivity index (χ4v) is 1.98. The minimum atomic E-state index is -0.195. The minimum Gasteiger partial charge on any atom is -0.457 e. The van der Waals surface area contributed by atoms with Gasteiger partial charge in [0, 0.05) is 16.0 Å². The summed E-state index contributed by atoms with van der Waals surface area (Å²) in [5.41, 5.74) is 2.82. The first kappa shape index (κ1) is 10.3. The van der Waals surface area contributed by atoms with E-state index in [9.17, 15) is 4.79 Å². The Morgan fingerprint density at radius 3 is 2.40 bits per heavy atom. The highest BCUT2D eigenvalue weighted by Gasteiger charge is 2.21. The summed E-state index contributed by atoms with van der Waals surface area (Å²) in [6.07, 6.45) is 2.04. The van der Waals surface area contributed by atoms with Gasteiger partial charge in [0.1, 0.15) is 6.61 Å². The summed E-state index contributed by atoms with van der Waals surface area (Å²) in [6, 6.07) is 8.19. The molecule has 1 aromatic rings. The average molecular weight is 220 g/mol. The van der Waals surface area contributed by atoms with Crippen molar-refractivity contribution in [3.8, 4) is 0 Å². The summed E-state index contributed by atoms with van der Waals surface area (Å²) in [4.78, 5) is 12.4. The summed E-state index contributed by atoms with van der Waals surface area (Å²) >= 11 is 1.71. The summed E-state index contributed by atoms with van der Waals surface area (Å²) in [7, 11) is 0. The maximum absolute atomic E-state index is 11.2. The summed E-state index contributed by atoms with van der Waals surface area (Å²) in [5, 5.41) is 0. The van der Waals surface area contributed by atoms with Crippen molar-refractivity contribution >= 4 is 23.3 Å². The Labute approximate surface area is 93.3 Å². The molecule has 2 nitrogen and oxygen atoms in total. The molecule has 1 heterocycles. The Bertz CT molecular complexity index is 418. The summed E-state index contributed by atoms with van der Waals surface area (Å²) in [6.45, 7) is 2.22. The molecule has 0 spiro atoms. The highest BCUT2D eigenvalue weighted by molar-refractivity contribution is 7.98. The van der Waals surface area contributed by atoms with Gasteiger partial charge in [-0.2, -0.15) is 0 Å². The Morgan fingerprint density at radius 2 is 1.93 bits per heavy atom. The lowest BCUT2D eigenvalue weighted by Gasteiger charge is -2.02. The van der Waals surface area contributed by atoms with Gasteiger partial charge in [0.25, 0.3) is 0 Å². The van der Waals surface area contributed by atoms with Crippen molar-refractivity contribution in [1.82, 2.24) is 0 Å². The first-order valence-electron chi connectivity index (χ1n) is 4.73. The van der Waals surface area contributed by atoms with Crippen molar-refractivity contribution in [2.24, 2.45) is 0 Å². The first-order valence-corrected chi connectivity index (χ1v) is 5.96. The molecule has 15 heavy (non-hydrogen) atoms. The highest BCUT2D eigenvalue weighted by atomic mass is 32.2. The van der Waals surface area contributed by atoms with Crippen LogP contribution >= 0.6 is 11.8 Å². The van der Waals surface area contributed by atoms with Gasteiger partial charge in [-0.3, -0.25) is 0 Å². The molecule has 0 atom stereocenters. The maximum Gasteiger partial charge on any atom is 0.334 e. The van der Waals surface area contributed by atoms with Crippen LogP contribution in [0.1, 0.15) is 12.5 Å². The molecule has 0 fully saturated rings. The second-order valence-electron chi connectivity index (χ2n) is 3.41. The smallest absolute Gasteiger partial charge is 0.334 e. The largest absolute Gasteiger partial charge is 0.457 e. The molecule has 1 aliphatic rings. The molecule has 0 unspecified atom stereocenters. The van der Waals surface area contributed by atoms with Crippen LogP contribution in [-0.2, 0) is 9.53 Å². The molecular weight excluding hydrogens is 208 g/mol. The number of cyclic esters (lactones) is 1. The van der Waals surface area contributed by atoms with Gasteiger partial charge in [0.2, 0.25) is 0 Å². The van der Waals surface area contributed by atoms with Crippen molar-refractivity contribution in [3.63, 3.8) is 0 Å². The lowest BCUT2D eigenvalue weighted by Crippen LogP contribution is -1.94. The number of thioether (sulfide) groups is 1. The van der Waals surface area contributed by atoms with Crippen LogP contribution in [0.4, 0.5) is 0 Å². The van der Waals surface area contributed by atoms with Crippen LogP contribution in [0.2, 0.25) is 0 Å². The minimum absolute atomic E-state index is 0.195. The number of rotatable bonds is 2. The second-order valence-corrected chi connectivity index (χ2v) is 4.29. The van der Waals surface area contributed by atoms with E-state index in [0.29, 0.717) is 6.61 Å². The number of esters is 1. The van der Waals surface area contributed by atoms with Gasteiger partial charge >= 0.3 is 5.97 Å². The SMILES string of the molecule is CSc1ccc(C2=C(C)C(=O)OC2)cc1. The predicted octanol–water partition coefficient (Wildman–Crippen LogP) is 2.74. The quantitative estimate of drug-likeness (QED) is 0.566. The fourth-order valence-electron chi connectivity index (χ4n) is 1.57. The molecule has 0 saturated heterocycles. The van der Waals surface area contributed by atoms with Crippen LogP contribution < -0.4 is 0 Å². The van der Waals surface area contributed by atoms with Crippen LogP contribution in [0, 0.1) is 0 Å². The van der Waals surface area contributed by atoms with Gasteiger partial charge in [-0.05, 0) is 30.9 Å². The fraction of sp³-hybridized carbons (Fsp3) is 0.250. The van der Waals surface area contributed by atoms with E-state index in [-0.39, 0.29) is 5.97 Å². The van der Waals surface area contributed by atoms with Crippen LogP contribution in [0.25, 0.3) is 5.57 Å². The molecule has 0 N–H and O–H groups in total. The third-order valence-corrected chi connectivity index (χ3v) is 3.29. The van der Waals surface area contributed by atoms with E-state index in [1.807, 2.05) is 25.3 Å². The number of ether oxygens (including phenoxy) is 1. The summed E-state index contributed by atoms with van der Waals surface area (Å²) < 4.78 is 4.97. The summed E-state index contributed by atoms with van der Waals surface area (Å²) in [5.74, 6) is -0.195. The lowest BCUT2D eigenvalue weighted by atomic mass is 10.0. The number of benzene rings is 1. The molecule has 0 aliphatic carbocycles. The molecule has 0 amide bonds. The monoisotopic (exact) mass is 220 g/mol. The van der Waals surface area contributed by atoms with Crippen LogP contribution in [0.3, 0.4) is 0 Å². The Morgan fingerprint density at radius 1 is 1.27 bits per heavy atom. The molecule has 1 aliphatic heterocycles. The third-order valence-electron chi connectivity index (χ3n) is 2.54. The van der Waals surface area contributed by atoms with E-state index < -0.39 is 0 Å². The van der Waals surface area contributed by atoms with Gasteiger partial charge in [-0.1, -0.05) is 12.1 Å². The molecule has 0 radical (unpaired) electrons. The van der Waals surface area contributed by atoms with Gasteiger partial charge in [-0.15, -0.1) is 11.8 Å². The van der Waals surface area contributed by atoms with Gasteiger partial charge < -0.3 is 4.74 Å². The van der Waals surface area contributed by atoms with Gasteiger partial charge in [0.15, 0.2) is 0 Å². The van der Waals surface area contributed by atoms with E-state index in [1.54, 1.807) is 11.8 Å². The third kappa shape index (κ3) is 1.92. The molecule has 1 aromatic carbocycles. The zero-order valence-corrected chi connectivity index (χ0v) is 9.56. The molecule has 0 saturated carbocycles. The second kappa shape index (κ2) is 4.11. The van der Waals surface area contributed by atoms with Crippen molar-refractivity contribution in [2.75, 3.05) is 12.9 Å². The van der Waals surface area contributed by atoms with Gasteiger partial charge in [0.05, 0.1) is 0 Å². The zero-order valence-electron chi connectivity index (χ0n) is 8.74. The Kier molecular flexibility index (Phi) is 2.82. The van der Waals surface area contributed by atoms with E-state index in [1.165, 1.54) is 4.90 Å².